The average molecular weight is 426 g/mol. The Hall–Kier alpha value is -3.22. The van der Waals surface area contributed by atoms with Crippen molar-refractivity contribution in [1.29, 1.82) is 0 Å². The van der Waals surface area contributed by atoms with Gasteiger partial charge < -0.3 is 15.0 Å². The van der Waals surface area contributed by atoms with Crippen LogP contribution < -0.4 is 5.32 Å². The van der Waals surface area contributed by atoms with Crippen LogP contribution in [0.25, 0.3) is 0 Å². The number of halogens is 1. The zero-order valence-electron chi connectivity index (χ0n) is 18.5. The zero-order valence-corrected chi connectivity index (χ0v) is 18.5. The van der Waals surface area contributed by atoms with Crippen LogP contribution in [0.15, 0.2) is 52.8 Å². The van der Waals surface area contributed by atoms with Gasteiger partial charge in [-0.05, 0) is 37.5 Å². The first-order valence-electron chi connectivity index (χ1n) is 10.2. The third kappa shape index (κ3) is 4.76. The van der Waals surface area contributed by atoms with Crippen LogP contribution in [-0.2, 0) is 26.5 Å². The monoisotopic (exact) mass is 425 g/mol. The summed E-state index contributed by atoms with van der Waals surface area (Å²) >= 11 is 0. The second-order valence-electron chi connectivity index (χ2n) is 8.00. The number of amides is 1. The van der Waals surface area contributed by atoms with Crippen molar-refractivity contribution in [3.8, 4) is 0 Å². The topological polar surface area (TPSA) is 72.3 Å². The van der Waals surface area contributed by atoms with Crippen molar-refractivity contribution >= 4 is 17.3 Å². The molecular weight excluding hydrogens is 397 g/mol. The van der Waals surface area contributed by atoms with Gasteiger partial charge in [0.15, 0.2) is 5.71 Å². The number of benzene rings is 2. The van der Waals surface area contributed by atoms with E-state index < -0.39 is 0 Å². The highest BCUT2D eigenvalue weighted by Gasteiger charge is 2.53. The fourth-order valence-corrected chi connectivity index (χ4v) is 3.86. The van der Waals surface area contributed by atoms with Gasteiger partial charge >= 0.3 is 0 Å². The van der Waals surface area contributed by atoms with Crippen LogP contribution >= 0.6 is 0 Å². The highest BCUT2D eigenvalue weighted by atomic mass is 19.1. The summed E-state index contributed by atoms with van der Waals surface area (Å²) < 4.78 is 13.6. The maximum absolute atomic E-state index is 13.6. The van der Waals surface area contributed by atoms with Gasteiger partial charge in [0.05, 0.1) is 5.71 Å². The van der Waals surface area contributed by atoms with Crippen LogP contribution in [0.1, 0.15) is 42.5 Å². The maximum Gasteiger partial charge on any atom is 0.273 e. The van der Waals surface area contributed by atoms with E-state index in [2.05, 4.69) is 22.6 Å². The van der Waals surface area contributed by atoms with Crippen molar-refractivity contribution in [2.24, 2.45) is 16.2 Å². The summed E-state index contributed by atoms with van der Waals surface area (Å²) in [6.45, 7) is 6.07. The largest absolute Gasteiger partial charge is 0.398 e. The fourth-order valence-electron chi connectivity index (χ4n) is 3.86. The van der Waals surface area contributed by atoms with E-state index in [1.807, 2.05) is 37.3 Å². The van der Waals surface area contributed by atoms with Gasteiger partial charge in [0.25, 0.3) is 5.91 Å². The van der Waals surface area contributed by atoms with Crippen molar-refractivity contribution < 1.29 is 18.9 Å². The molecule has 1 amide bonds. The Labute approximate surface area is 182 Å². The predicted molar refractivity (Wildman–Crippen MR) is 119 cm³/mol. The van der Waals surface area contributed by atoms with Gasteiger partial charge in [0.2, 0.25) is 0 Å². The smallest absolute Gasteiger partial charge is 0.273 e. The molecule has 0 unspecified atom stereocenters. The van der Waals surface area contributed by atoms with Crippen LogP contribution in [0.5, 0.6) is 0 Å². The van der Waals surface area contributed by atoms with E-state index in [9.17, 15) is 9.18 Å². The van der Waals surface area contributed by atoms with E-state index in [0.717, 1.165) is 23.3 Å². The molecule has 0 aromatic heterocycles. The summed E-state index contributed by atoms with van der Waals surface area (Å²) in [7, 11) is 2.93. The number of carbonyl (C=O) groups is 1. The minimum Gasteiger partial charge on any atom is -0.398 e. The zero-order chi connectivity index (χ0) is 22.6. The number of hydrogen-bond acceptors (Lipinski definition) is 5. The Kier molecular flexibility index (Phi) is 6.73. The molecular formula is C24H28FN3O3. The third-order valence-corrected chi connectivity index (χ3v) is 5.88. The van der Waals surface area contributed by atoms with Gasteiger partial charge in [-0.3, -0.25) is 4.79 Å². The van der Waals surface area contributed by atoms with Gasteiger partial charge in [0, 0.05) is 29.5 Å². The molecule has 0 spiro atoms. The number of oxime groups is 2. The first-order valence-corrected chi connectivity index (χ1v) is 10.2. The molecule has 0 saturated heterocycles. The Morgan fingerprint density at radius 3 is 2.68 bits per heavy atom. The molecule has 0 radical (unpaired) electrons. The Bertz CT molecular complexity index is 1030. The highest BCUT2D eigenvalue weighted by molar-refractivity contribution is 6.45. The highest BCUT2D eigenvalue weighted by Crippen LogP contribution is 2.54. The maximum atomic E-state index is 13.6. The molecule has 164 valence electrons. The van der Waals surface area contributed by atoms with Gasteiger partial charge in [-0.25, -0.2) is 4.39 Å². The Morgan fingerprint density at radius 2 is 2.00 bits per heavy atom. The first kappa shape index (κ1) is 22.5. The fraction of sp³-hybridized carbons (Fsp3) is 0.375. The van der Waals surface area contributed by atoms with E-state index in [1.165, 1.54) is 20.2 Å². The standard InChI is InChI=1S/C24H28FN3O3/c1-15-12-18(10-11-21(15)25)24(3)13-20(24)16(2)27-31-14-17-8-6-7-9-19(17)22(28-30-5)23(29)26-4/h6-12,20H,13-14H2,1-5H3,(H,26,29)/b27-16+,28-22+/t20-,24-/m1/s1. The lowest BCUT2D eigenvalue weighted by atomic mass is 9.93. The van der Waals surface area contributed by atoms with E-state index in [1.54, 1.807) is 13.0 Å². The number of hydrogen-bond donors (Lipinski definition) is 1. The average Bonchev–Trinajstić information content (AvgIpc) is 3.47. The van der Waals surface area contributed by atoms with Crippen LogP contribution in [0.4, 0.5) is 4.39 Å². The number of likely N-dealkylation sites (N-methyl/N-ethyl adjacent to an activating group) is 1. The molecule has 0 aliphatic heterocycles. The summed E-state index contributed by atoms with van der Waals surface area (Å²) in [4.78, 5) is 22.6. The molecule has 6 nitrogen and oxygen atoms in total. The number of aryl methyl sites for hydroxylation is 1. The van der Waals surface area contributed by atoms with E-state index >= 15 is 0 Å². The number of nitrogens with zero attached hydrogens (tertiary/aromatic N) is 2. The first-order chi connectivity index (χ1) is 14.8. The summed E-state index contributed by atoms with van der Waals surface area (Å²) in [5.74, 6) is -0.300. The summed E-state index contributed by atoms with van der Waals surface area (Å²) in [5.41, 5.74) is 4.15. The van der Waals surface area contributed by atoms with Crippen molar-refractivity contribution in [2.45, 2.75) is 39.2 Å². The molecule has 3 rings (SSSR count). The molecule has 0 heterocycles. The quantitative estimate of drug-likeness (QED) is 0.511. The second-order valence-corrected chi connectivity index (χ2v) is 8.00. The van der Waals surface area contributed by atoms with E-state index in [0.29, 0.717) is 11.1 Å². The Balaban J connectivity index is 1.71. The second kappa shape index (κ2) is 9.29. The normalized spacial score (nSPS) is 20.9. The molecule has 7 heteroatoms. The molecule has 2 aromatic carbocycles. The van der Waals surface area contributed by atoms with Crippen molar-refractivity contribution in [3.63, 3.8) is 0 Å². The number of carbonyl (C=O) groups excluding carboxylic acids is 1. The Morgan fingerprint density at radius 1 is 1.26 bits per heavy atom. The summed E-state index contributed by atoms with van der Waals surface area (Å²) in [6.07, 6.45) is 0.939. The lowest BCUT2D eigenvalue weighted by Gasteiger charge is -2.13. The van der Waals surface area contributed by atoms with E-state index in [-0.39, 0.29) is 35.4 Å². The molecule has 1 aliphatic carbocycles. The molecule has 1 fully saturated rings. The molecule has 1 saturated carbocycles. The molecule has 2 atom stereocenters. The van der Waals surface area contributed by atoms with Gasteiger partial charge in [-0.2, -0.15) is 0 Å². The molecule has 1 aliphatic rings. The van der Waals surface area contributed by atoms with Crippen molar-refractivity contribution in [3.05, 3.63) is 70.5 Å². The number of nitrogens with one attached hydrogen (secondary N) is 1. The van der Waals surface area contributed by atoms with Crippen molar-refractivity contribution in [2.75, 3.05) is 14.2 Å². The van der Waals surface area contributed by atoms with Crippen LogP contribution in [0, 0.1) is 18.7 Å². The SMILES string of the molecule is CNC(=O)/C(=N/OC)c1ccccc1CO/N=C(\C)[C@H]1C[C@]1(C)c1ccc(F)c(C)c1. The minimum atomic E-state index is -0.350. The predicted octanol–water partition coefficient (Wildman–Crippen LogP) is 4.10. The number of rotatable bonds is 8. The minimum absolute atomic E-state index is 0.0647. The van der Waals surface area contributed by atoms with Gasteiger partial charge in [0.1, 0.15) is 19.5 Å². The van der Waals surface area contributed by atoms with Crippen LogP contribution in [-0.4, -0.2) is 31.5 Å². The van der Waals surface area contributed by atoms with Crippen molar-refractivity contribution in [1.82, 2.24) is 5.32 Å². The molecule has 0 bridgehead atoms. The van der Waals surface area contributed by atoms with Crippen LogP contribution in [0.3, 0.4) is 0 Å². The molecule has 1 N–H and O–H groups in total. The lowest BCUT2D eigenvalue weighted by Crippen LogP contribution is -2.29. The summed E-state index contributed by atoms with van der Waals surface area (Å²) in [6, 6.07) is 12.6. The van der Waals surface area contributed by atoms with Crippen LogP contribution in [0.2, 0.25) is 0 Å². The third-order valence-electron chi connectivity index (χ3n) is 5.88. The molecule has 31 heavy (non-hydrogen) atoms. The van der Waals surface area contributed by atoms with E-state index in [4.69, 9.17) is 9.68 Å². The molecule has 2 aromatic rings. The van der Waals surface area contributed by atoms with Gasteiger partial charge in [-0.1, -0.05) is 53.6 Å². The summed E-state index contributed by atoms with van der Waals surface area (Å²) in [5, 5.41) is 10.7. The van der Waals surface area contributed by atoms with Gasteiger partial charge in [-0.15, -0.1) is 0 Å². The lowest BCUT2D eigenvalue weighted by molar-refractivity contribution is -0.114.